The lowest BCUT2D eigenvalue weighted by Gasteiger charge is -2.24. The molecule has 0 aliphatic rings. The molecule has 1 aromatic carbocycles. The third-order valence-corrected chi connectivity index (χ3v) is 8.59. The average Bonchev–Trinajstić information content (AvgIpc) is 2.62. The fraction of sp³-hybridized carbons (Fsp3) is 0.529. The number of unbranched alkanes of at least 4 members (excludes halogenated alkanes) is 1. The zero-order valence-electron chi connectivity index (χ0n) is 15.3. The smallest absolute Gasteiger partial charge is 0.308 e. The standard InChI is InChI=1S/C17H28O6P2/c1-5-22-25(19,23-6-2)17(24(18,20-3)21-4)15-11-10-14-16-12-8-7-9-13-16/h7-9,12-13,15H,5-6,10-11,14H2,1-4H3/b17-15-. The lowest BCUT2D eigenvalue weighted by Crippen LogP contribution is -2.02. The van der Waals surface area contributed by atoms with Crippen LogP contribution in [0.25, 0.3) is 0 Å². The second kappa shape index (κ2) is 11.1. The van der Waals surface area contributed by atoms with Gasteiger partial charge in [-0.2, -0.15) is 0 Å². The number of allylic oxidation sites excluding steroid dienone is 1. The molecule has 0 aliphatic carbocycles. The van der Waals surface area contributed by atoms with E-state index in [4.69, 9.17) is 18.1 Å². The third kappa shape index (κ3) is 6.49. The van der Waals surface area contributed by atoms with Crippen LogP contribution in [-0.4, -0.2) is 27.4 Å². The molecular weight excluding hydrogens is 362 g/mol. The van der Waals surface area contributed by atoms with E-state index in [0.29, 0.717) is 6.42 Å². The molecule has 0 saturated carbocycles. The second-order valence-electron chi connectivity index (χ2n) is 5.14. The molecule has 0 heterocycles. The summed E-state index contributed by atoms with van der Waals surface area (Å²) in [6.45, 7) is 3.71. The van der Waals surface area contributed by atoms with E-state index in [9.17, 15) is 9.13 Å². The topological polar surface area (TPSA) is 71.1 Å². The van der Waals surface area contributed by atoms with Crippen molar-refractivity contribution in [2.45, 2.75) is 33.1 Å². The molecule has 1 rings (SSSR count). The molecule has 0 atom stereocenters. The van der Waals surface area contributed by atoms with E-state index < -0.39 is 15.2 Å². The lowest BCUT2D eigenvalue weighted by atomic mass is 10.1. The number of hydrogen-bond acceptors (Lipinski definition) is 6. The highest BCUT2D eigenvalue weighted by molar-refractivity contribution is 7.78. The molecule has 1 aromatic rings. The van der Waals surface area contributed by atoms with Crippen LogP contribution in [-0.2, 0) is 33.6 Å². The first-order valence-electron chi connectivity index (χ1n) is 8.31. The fourth-order valence-corrected chi connectivity index (χ4v) is 6.61. The van der Waals surface area contributed by atoms with Crippen LogP contribution in [0.2, 0.25) is 0 Å². The molecule has 0 fully saturated rings. The van der Waals surface area contributed by atoms with Gasteiger partial charge in [-0.05, 0) is 38.7 Å². The van der Waals surface area contributed by atoms with Crippen molar-refractivity contribution in [2.24, 2.45) is 0 Å². The van der Waals surface area contributed by atoms with Crippen molar-refractivity contribution in [3.63, 3.8) is 0 Å². The first-order chi connectivity index (χ1) is 12.0. The van der Waals surface area contributed by atoms with Gasteiger partial charge in [-0.3, -0.25) is 9.13 Å². The molecule has 0 radical (unpaired) electrons. The van der Waals surface area contributed by atoms with Crippen LogP contribution >= 0.6 is 15.2 Å². The minimum atomic E-state index is -3.75. The van der Waals surface area contributed by atoms with Gasteiger partial charge in [0.25, 0.3) is 0 Å². The Bertz CT molecular complexity index is 611. The Morgan fingerprint density at radius 2 is 1.52 bits per heavy atom. The maximum absolute atomic E-state index is 13.1. The molecule has 6 nitrogen and oxygen atoms in total. The minimum Gasteiger partial charge on any atom is -0.308 e. The first-order valence-corrected chi connectivity index (χ1v) is 11.4. The molecule has 25 heavy (non-hydrogen) atoms. The maximum Gasteiger partial charge on any atom is 0.369 e. The van der Waals surface area contributed by atoms with Crippen molar-refractivity contribution in [2.75, 3.05) is 27.4 Å². The number of rotatable bonds is 12. The summed E-state index contributed by atoms with van der Waals surface area (Å²) in [5, 5.41) is -0.0261. The summed E-state index contributed by atoms with van der Waals surface area (Å²) in [5.74, 6) is 0. The first kappa shape index (κ1) is 22.3. The van der Waals surface area contributed by atoms with E-state index in [-0.39, 0.29) is 18.3 Å². The minimum absolute atomic E-state index is 0.0261. The van der Waals surface area contributed by atoms with E-state index >= 15 is 0 Å². The van der Waals surface area contributed by atoms with Gasteiger partial charge in [0.2, 0.25) is 0 Å². The van der Waals surface area contributed by atoms with Crippen LogP contribution in [0.3, 0.4) is 0 Å². The van der Waals surface area contributed by atoms with E-state index in [1.54, 1.807) is 19.9 Å². The van der Waals surface area contributed by atoms with Crippen molar-refractivity contribution in [3.05, 3.63) is 47.0 Å². The highest BCUT2D eigenvalue weighted by Gasteiger charge is 2.43. The predicted octanol–water partition coefficient (Wildman–Crippen LogP) is 5.60. The van der Waals surface area contributed by atoms with Gasteiger partial charge >= 0.3 is 15.2 Å². The zero-order chi connectivity index (χ0) is 18.8. The van der Waals surface area contributed by atoms with Crippen LogP contribution in [0.5, 0.6) is 0 Å². The third-order valence-electron chi connectivity index (χ3n) is 3.48. The lowest BCUT2D eigenvalue weighted by molar-refractivity contribution is 0.224. The molecule has 0 bridgehead atoms. The Labute approximate surface area is 150 Å². The number of benzene rings is 1. The highest BCUT2D eigenvalue weighted by Crippen LogP contribution is 2.73. The molecule has 0 unspecified atom stereocenters. The van der Waals surface area contributed by atoms with Gasteiger partial charge in [-0.25, -0.2) is 0 Å². The Morgan fingerprint density at radius 1 is 0.960 bits per heavy atom. The average molecular weight is 390 g/mol. The van der Waals surface area contributed by atoms with Gasteiger partial charge in [0.1, 0.15) is 5.06 Å². The van der Waals surface area contributed by atoms with E-state index in [1.165, 1.54) is 19.8 Å². The van der Waals surface area contributed by atoms with Gasteiger partial charge in [-0.15, -0.1) is 0 Å². The Morgan fingerprint density at radius 3 is 2.00 bits per heavy atom. The number of aryl methyl sites for hydroxylation is 1. The molecule has 0 spiro atoms. The van der Waals surface area contributed by atoms with E-state index in [0.717, 1.165) is 12.8 Å². The maximum atomic E-state index is 13.1. The summed E-state index contributed by atoms with van der Waals surface area (Å²) in [6, 6.07) is 10.0. The molecule has 0 N–H and O–H groups in total. The SMILES string of the molecule is CCOP(=O)(OCC)/C(=C\CCCc1ccccc1)P(=O)(OC)OC. The summed E-state index contributed by atoms with van der Waals surface area (Å²) in [4.78, 5) is 0. The predicted molar refractivity (Wildman–Crippen MR) is 99.9 cm³/mol. The monoisotopic (exact) mass is 390 g/mol. The van der Waals surface area contributed by atoms with Crippen molar-refractivity contribution >= 4 is 15.2 Å². The Kier molecular flexibility index (Phi) is 9.88. The van der Waals surface area contributed by atoms with Crippen molar-refractivity contribution in [1.82, 2.24) is 0 Å². The zero-order valence-corrected chi connectivity index (χ0v) is 17.1. The van der Waals surface area contributed by atoms with Gasteiger partial charge in [-0.1, -0.05) is 36.4 Å². The Hall–Kier alpha value is -0.740. The fourth-order valence-electron chi connectivity index (χ4n) is 2.33. The molecule has 142 valence electrons. The van der Waals surface area contributed by atoms with Gasteiger partial charge in [0.05, 0.1) is 13.2 Å². The molecule has 8 heteroatoms. The Balaban J connectivity index is 3.00. The van der Waals surface area contributed by atoms with Crippen molar-refractivity contribution < 1.29 is 27.2 Å². The quantitative estimate of drug-likeness (QED) is 0.342. The highest BCUT2D eigenvalue weighted by atomic mass is 31.2. The normalized spacial score (nSPS) is 13.2. The molecule has 0 aliphatic heterocycles. The van der Waals surface area contributed by atoms with Crippen LogP contribution in [0.15, 0.2) is 41.5 Å². The van der Waals surface area contributed by atoms with Gasteiger partial charge < -0.3 is 18.1 Å². The second-order valence-corrected chi connectivity index (χ2v) is 9.69. The van der Waals surface area contributed by atoms with Gasteiger partial charge in [0.15, 0.2) is 0 Å². The van der Waals surface area contributed by atoms with Crippen molar-refractivity contribution in [3.8, 4) is 0 Å². The summed E-state index contributed by atoms with van der Waals surface area (Å²) in [7, 11) is -4.98. The van der Waals surface area contributed by atoms with Crippen LogP contribution < -0.4 is 0 Å². The summed E-state index contributed by atoms with van der Waals surface area (Å²) < 4.78 is 46.7. The summed E-state index contributed by atoms with van der Waals surface area (Å²) in [6.07, 6.45) is 3.80. The summed E-state index contributed by atoms with van der Waals surface area (Å²) in [5.41, 5.74) is 1.21. The number of hydrogen-bond donors (Lipinski definition) is 0. The van der Waals surface area contributed by atoms with Crippen LogP contribution in [0.4, 0.5) is 0 Å². The van der Waals surface area contributed by atoms with Gasteiger partial charge in [0, 0.05) is 14.2 Å². The summed E-state index contributed by atoms with van der Waals surface area (Å²) >= 11 is 0. The van der Waals surface area contributed by atoms with Crippen molar-refractivity contribution in [1.29, 1.82) is 0 Å². The molecule has 0 amide bonds. The molecular formula is C17H28O6P2. The van der Waals surface area contributed by atoms with Crippen LogP contribution in [0, 0.1) is 0 Å². The molecule has 0 aromatic heterocycles. The van der Waals surface area contributed by atoms with E-state index in [2.05, 4.69) is 0 Å². The molecule has 0 saturated heterocycles. The van der Waals surface area contributed by atoms with E-state index in [1.807, 2.05) is 30.3 Å². The largest absolute Gasteiger partial charge is 0.369 e. The van der Waals surface area contributed by atoms with Crippen LogP contribution in [0.1, 0.15) is 32.3 Å².